The van der Waals surface area contributed by atoms with E-state index in [9.17, 15) is 9.59 Å². The molecule has 0 unspecified atom stereocenters. The van der Waals surface area contributed by atoms with Gasteiger partial charge in [0.15, 0.2) is 0 Å². The molecule has 0 spiro atoms. The van der Waals surface area contributed by atoms with Crippen molar-refractivity contribution >= 4 is 41.5 Å². The molecule has 0 amide bonds. The van der Waals surface area contributed by atoms with Crippen LogP contribution in [0.4, 0.5) is 0 Å². The van der Waals surface area contributed by atoms with Crippen LogP contribution in [0.2, 0.25) is 0 Å². The van der Waals surface area contributed by atoms with Crippen LogP contribution >= 0.6 is 0 Å². The minimum atomic E-state index is -0.508. The molecule has 0 aliphatic rings. The van der Waals surface area contributed by atoms with Crippen molar-refractivity contribution in [2.45, 2.75) is 13.8 Å². The van der Waals surface area contributed by atoms with Gasteiger partial charge in [0.25, 0.3) is 0 Å². The quantitative estimate of drug-likeness (QED) is 0.598. The Morgan fingerprint density at radius 2 is 1.29 bits per heavy atom. The van der Waals surface area contributed by atoms with Gasteiger partial charge in [0.05, 0.1) is 24.3 Å². The molecule has 17 heavy (non-hydrogen) atoms. The Bertz CT molecular complexity index is 353. The van der Waals surface area contributed by atoms with Crippen molar-refractivity contribution in [1.29, 1.82) is 0 Å². The second-order valence-corrected chi connectivity index (χ2v) is 2.99. The minimum Gasteiger partial charge on any atom is -0.462 e. The Morgan fingerprint density at radius 3 is 1.59 bits per heavy atom. The molecule has 0 fully saturated rings. The van der Waals surface area contributed by atoms with Crippen LogP contribution in [-0.4, -0.2) is 54.7 Å². The summed E-state index contributed by atoms with van der Waals surface area (Å²) in [6, 6.07) is 6.44. The van der Waals surface area contributed by atoms with Crippen LogP contribution in [0.25, 0.3) is 0 Å². The Balaban J connectivity index is 0.00000256. The molecule has 0 saturated carbocycles. The van der Waals surface area contributed by atoms with Crippen molar-refractivity contribution < 1.29 is 19.1 Å². The Labute approximate surface area is 123 Å². The van der Waals surface area contributed by atoms with Crippen molar-refractivity contribution in [3.05, 3.63) is 35.4 Å². The first-order chi connectivity index (χ1) is 7.70. The number of carbonyl (C=O) groups excluding carboxylic acids is 2. The van der Waals surface area contributed by atoms with Gasteiger partial charge in [-0.05, 0) is 26.0 Å². The number of rotatable bonds is 4. The molecule has 0 bridgehead atoms. The van der Waals surface area contributed by atoms with Crippen LogP contribution < -0.4 is 0 Å². The fourth-order valence-electron chi connectivity index (χ4n) is 1.26. The molecule has 5 heteroatoms. The fraction of sp³-hybridized carbons (Fsp3) is 0.333. The van der Waals surface area contributed by atoms with Crippen molar-refractivity contribution in [3.63, 3.8) is 0 Å². The SMILES string of the molecule is CCOC(=O)c1ccccc1C(=O)OCC.[Na]. The smallest absolute Gasteiger partial charge is 0.338 e. The van der Waals surface area contributed by atoms with E-state index in [1.165, 1.54) is 0 Å². The summed E-state index contributed by atoms with van der Waals surface area (Å²) in [7, 11) is 0. The van der Waals surface area contributed by atoms with E-state index in [1.54, 1.807) is 38.1 Å². The molecular formula is C12H14NaO4. The van der Waals surface area contributed by atoms with Crippen molar-refractivity contribution in [2.24, 2.45) is 0 Å². The first kappa shape index (κ1) is 16.2. The van der Waals surface area contributed by atoms with E-state index in [2.05, 4.69) is 0 Å². The zero-order valence-electron chi connectivity index (χ0n) is 10.4. The van der Waals surface area contributed by atoms with Gasteiger partial charge in [-0.2, -0.15) is 0 Å². The van der Waals surface area contributed by atoms with Gasteiger partial charge < -0.3 is 9.47 Å². The van der Waals surface area contributed by atoms with E-state index in [0.717, 1.165) is 0 Å². The normalized spacial score (nSPS) is 9.06. The van der Waals surface area contributed by atoms with E-state index < -0.39 is 11.9 Å². The minimum absolute atomic E-state index is 0. The summed E-state index contributed by atoms with van der Waals surface area (Å²) >= 11 is 0. The summed E-state index contributed by atoms with van der Waals surface area (Å²) in [6.45, 7) is 3.97. The molecule has 0 atom stereocenters. The molecule has 0 N–H and O–H groups in total. The third-order valence-corrected chi connectivity index (χ3v) is 1.92. The van der Waals surface area contributed by atoms with Gasteiger partial charge in [0, 0.05) is 29.6 Å². The molecule has 0 aliphatic heterocycles. The standard InChI is InChI=1S/C12H14O4.Na/c1-3-15-11(13)9-7-5-6-8-10(9)12(14)16-4-2;/h5-8H,3-4H2,1-2H3;. The molecular weight excluding hydrogens is 231 g/mol. The Morgan fingerprint density at radius 1 is 0.941 bits per heavy atom. The van der Waals surface area contributed by atoms with Crippen LogP contribution in [0.1, 0.15) is 34.6 Å². The number of hydrogen-bond acceptors (Lipinski definition) is 4. The summed E-state index contributed by atoms with van der Waals surface area (Å²) in [5, 5.41) is 0. The van der Waals surface area contributed by atoms with Crippen LogP contribution in [-0.2, 0) is 9.47 Å². The first-order valence-electron chi connectivity index (χ1n) is 5.14. The number of esters is 2. The van der Waals surface area contributed by atoms with Crippen molar-refractivity contribution in [2.75, 3.05) is 13.2 Å². The van der Waals surface area contributed by atoms with Gasteiger partial charge in [0.1, 0.15) is 0 Å². The number of benzene rings is 1. The number of ether oxygens (including phenoxy) is 2. The third-order valence-electron chi connectivity index (χ3n) is 1.92. The third kappa shape index (κ3) is 4.50. The topological polar surface area (TPSA) is 52.6 Å². The average Bonchev–Trinajstić information content (AvgIpc) is 2.30. The predicted octanol–water partition coefficient (Wildman–Crippen LogP) is 1.66. The maximum absolute atomic E-state index is 11.5. The molecule has 1 radical (unpaired) electrons. The molecule has 0 heterocycles. The van der Waals surface area contributed by atoms with Gasteiger partial charge in [-0.3, -0.25) is 0 Å². The summed E-state index contributed by atoms with van der Waals surface area (Å²) in [4.78, 5) is 23.1. The molecule has 4 nitrogen and oxygen atoms in total. The molecule has 0 aliphatic carbocycles. The largest absolute Gasteiger partial charge is 0.462 e. The average molecular weight is 245 g/mol. The second-order valence-electron chi connectivity index (χ2n) is 2.99. The monoisotopic (exact) mass is 245 g/mol. The molecule has 0 aromatic heterocycles. The molecule has 87 valence electrons. The van der Waals surface area contributed by atoms with Gasteiger partial charge in [0.2, 0.25) is 0 Å². The van der Waals surface area contributed by atoms with Gasteiger partial charge in [-0.25, -0.2) is 9.59 Å². The van der Waals surface area contributed by atoms with Crippen LogP contribution in [0, 0.1) is 0 Å². The Hall–Kier alpha value is -0.840. The summed E-state index contributed by atoms with van der Waals surface area (Å²) in [5.41, 5.74) is 0.477. The zero-order valence-corrected chi connectivity index (χ0v) is 12.4. The van der Waals surface area contributed by atoms with Crippen LogP contribution in [0.15, 0.2) is 24.3 Å². The fourth-order valence-corrected chi connectivity index (χ4v) is 1.26. The maximum atomic E-state index is 11.5. The Kier molecular flexibility index (Phi) is 7.87. The van der Waals surface area contributed by atoms with E-state index in [-0.39, 0.29) is 53.9 Å². The summed E-state index contributed by atoms with van der Waals surface area (Å²) in [6.07, 6.45) is 0. The molecule has 1 rings (SSSR count). The van der Waals surface area contributed by atoms with E-state index >= 15 is 0 Å². The number of carbonyl (C=O) groups is 2. The van der Waals surface area contributed by atoms with Gasteiger partial charge >= 0.3 is 11.9 Å². The van der Waals surface area contributed by atoms with Gasteiger partial charge in [-0.1, -0.05) is 12.1 Å². The van der Waals surface area contributed by atoms with Crippen molar-refractivity contribution in [3.8, 4) is 0 Å². The van der Waals surface area contributed by atoms with Crippen LogP contribution in [0.3, 0.4) is 0 Å². The second kappa shape index (κ2) is 8.28. The van der Waals surface area contributed by atoms with E-state index in [4.69, 9.17) is 9.47 Å². The predicted molar refractivity (Wildman–Crippen MR) is 64.1 cm³/mol. The van der Waals surface area contributed by atoms with Gasteiger partial charge in [-0.15, -0.1) is 0 Å². The van der Waals surface area contributed by atoms with Crippen LogP contribution in [0.5, 0.6) is 0 Å². The van der Waals surface area contributed by atoms with E-state index in [1.807, 2.05) is 0 Å². The van der Waals surface area contributed by atoms with Crippen molar-refractivity contribution in [1.82, 2.24) is 0 Å². The molecule has 1 aromatic carbocycles. The first-order valence-corrected chi connectivity index (χ1v) is 5.14. The molecule has 1 aromatic rings. The molecule has 0 saturated heterocycles. The summed E-state index contributed by atoms with van der Waals surface area (Å²) in [5.74, 6) is -1.02. The van der Waals surface area contributed by atoms with E-state index in [0.29, 0.717) is 0 Å². The number of hydrogen-bond donors (Lipinski definition) is 0. The summed E-state index contributed by atoms with van der Waals surface area (Å²) < 4.78 is 9.70. The zero-order chi connectivity index (χ0) is 12.0. The maximum Gasteiger partial charge on any atom is 0.338 e.